The number of hydrogen-bond acceptors (Lipinski definition) is 5. The molecule has 0 amide bonds. The molecule has 72 valence electrons. The topological polar surface area (TPSA) is 73.4 Å². The first kappa shape index (κ1) is 9.37. The number of nitrogens with zero attached hydrogens (tertiary/aromatic N) is 3. The van der Waals surface area contributed by atoms with Gasteiger partial charge in [-0.2, -0.15) is 0 Å². The predicted molar refractivity (Wildman–Crippen MR) is 48.0 cm³/mol. The Hall–Kier alpha value is -1.72. The molecule has 0 spiro atoms. The number of methoxy groups -OCH3 is 1. The Balaban J connectivity index is 3.06. The van der Waals surface area contributed by atoms with E-state index in [-0.39, 0.29) is 11.5 Å². The van der Waals surface area contributed by atoms with Gasteiger partial charge in [0.25, 0.3) is 0 Å². The third kappa shape index (κ3) is 1.56. The number of ether oxygens (including phenoxy) is 1. The van der Waals surface area contributed by atoms with Crippen LogP contribution in [-0.2, 0) is 4.74 Å². The van der Waals surface area contributed by atoms with E-state index in [4.69, 9.17) is 5.73 Å². The Morgan fingerprint density at radius 1 is 1.69 bits per heavy atom. The molecule has 1 aromatic heterocycles. The Bertz CT molecular complexity index is 318. The van der Waals surface area contributed by atoms with Gasteiger partial charge in [-0.3, -0.25) is 0 Å². The minimum atomic E-state index is -0.530. The third-order valence-corrected chi connectivity index (χ3v) is 1.60. The molecule has 0 unspecified atom stereocenters. The van der Waals surface area contributed by atoms with Crippen LogP contribution in [0.4, 0.5) is 5.82 Å². The molecule has 0 saturated carbocycles. The van der Waals surface area contributed by atoms with Crippen LogP contribution >= 0.6 is 0 Å². The van der Waals surface area contributed by atoms with Gasteiger partial charge in [-0.25, -0.2) is 14.5 Å². The van der Waals surface area contributed by atoms with Crippen molar-refractivity contribution in [2.24, 2.45) is 0 Å². The van der Waals surface area contributed by atoms with Crippen molar-refractivity contribution in [3.8, 4) is 0 Å². The van der Waals surface area contributed by atoms with Gasteiger partial charge in [0.2, 0.25) is 0 Å². The summed E-state index contributed by atoms with van der Waals surface area (Å²) in [6, 6.07) is 0. The van der Waals surface area contributed by atoms with E-state index in [1.807, 2.05) is 0 Å². The van der Waals surface area contributed by atoms with Crippen molar-refractivity contribution in [2.45, 2.75) is 0 Å². The van der Waals surface area contributed by atoms with Crippen LogP contribution in [0.5, 0.6) is 0 Å². The average molecular weight is 184 g/mol. The molecule has 1 heterocycles. The lowest BCUT2D eigenvalue weighted by molar-refractivity contribution is 0.0596. The van der Waals surface area contributed by atoms with E-state index < -0.39 is 5.97 Å². The van der Waals surface area contributed by atoms with Crippen LogP contribution in [0.15, 0.2) is 6.33 Å². The minimum Gasteiger partial charge on any atom is -0.464 e. The van der Waals surface area contributed by atoms with Gasteiger partial charge in [0, 0.05) is 14.1 Å². The SMILES string of the molecule is COC(=O)c1ncn(N(C)C)c1N. The second kappa shape index (κ2) is 3.34. The number of nitrogens with two attached hydrogens (primary N) is 1. The molecule has 0 saturated heterocycles. The molecule has 1 aromatic rings. The van der Waals surface area contributed by atoms with Crippen LogP contribution in [0.25, 0.3) is 0 Å². The van der Waals surface area contributed by atoms with Crippen molar-refractivity contribution in [1.29, 1.82) is 0 Å². The van der Waals surface area contributed by atoms with Gasteiger partial charge >= 0.3 is 5.97 Å². The maximum absolute atomic E-state index is 11.1. The van der Waals surface area contributed by atoms with E-state index >= 15 is 0 Å². The number of anilines is 1. The lowest BCUT2D eigenvalue weighted by Crippen LogP contribution is -2.25. The Morgan fingerprint density at radius 3 is 2.69 bits per heavy atom. The Kier molecular flexibility index (Phi) is 2.41. The summed E-state index contributed by atoms with van der Waals surface area (Å²) in [4.78, 5) is 14.9. The van der Waals surface area contributed by atoms with E-state index in [1.165, 1.54) is 13.4 Å². The van der Waals surface area contributed by atoms with Crippen molar-refractivity contribution in [1.82, 2.24) is 9.66 Å². The number of esters is 1. The van der Waals surface area contributed by atoms with Gasteiger partial charge < -0.3 is 15.5 Å². The third-order valence-electron chi connectivity index (χ3n) is 1.60. The summed E-state index contributed by atoms with van der Waals surface area (Å²) < 4.78 is 6.04. The highest BCUT2D eigenvalue weighted by Crippen LogP contribution is 2.09. The van der Waals surface area contributed by atoms with E-state index in [9.17, 15) is 4.79 Å². The molecule has 13 heavy (non-hydrogen) atoms. The van der Waals surface area contributed by atoms with Gasteiger partial charge in [0.15, 0.2) is 11.5 Å². The molecule has 0 aromatic carbocycles. The van der Waals surface area contributed by atoms with Crippen LogP contribution in [0.1, 0.15) is 10.5 Å². The zero-order valence-corrected chi connectivity index (χ0v) is 7.81. The predicted octanol–water partition coefficient (Wildman–Crippen LogP) is -0.550. The smallest absolute Gasteiger partial charge is 0.360 e. The molecule has 0 atom stereocenters. The van der Waals surface area contributed by atoms with E-state index in [0.717, 1.165) is 0 Å². The lowest BCUT2D eigenvalue weighted by atomic mass is 10.4. The van der Waals surface area contributed by atoms with Gasteiger partial charge in [0.05, 0.1) is 7.11 Å². The fourth-order valence-corrected chi connectivity index (χ4v) is 0.922. The Morgan fingerprint density at radius 2 is 2.31 bits per heavy atom. The van der Waals surface area contributed by atoms with Crippen molar-refractivity contribution in [3.63, 3.8) is 0 Å². The van der Waals surface area contributed by atoms with Gasteiger partial charge in [0.1, 0.15) is 6.33 Å². The maximum Gasteiger partial charge on any atom is 0.360 e. The van der Waals surface area contributed by atoms with Crippen LogP contribution in [0, 0.1) is 0 Å². The Labute approximate surface area is 75.9 Å². The van der Waals surface area contributed by atoms with Gasteiger partial charge in [-0.1, -0.05) is 0 Å². The number of carbonyl (C=O) groups is 1. The quantitative estimate of drug-likeness (QED) is 0.624. The van der Waals surface area contributed by atoms with Crippen LogP contribution in [0.2, 0.25) is 0 Å². The van der Waals surface area contributed by atoms with Crippen molar-refractivity contribution < 1.29 is 9.53 Å². The largest absolute Gasteiger partial charge is 0.464 e. The second-order valence-electron chi connectivity index (χ2n) is 2.66. The molecular formula is C7H12N4O2. The molecule has 6 nitrogen and oxygen atoms in total. The van der Waals surface area contributed by atoms with Crippen LogP contribution < -0.4 is 10.7 Å². The number of nitrogen functional groups attached to an aromatic ring is 1. The standard InChI is InChI=1S/C7H12N4O2/c1-10(2)11-4-9-5(6(11)8)7(12)13-3/h4H,8H2,1-3H3. The molecule has 1 rings (SSSR count). The fraction of sp³-hybridized carbons (Fsp3) is 0.429. The van der Waals surface area contributed by atoms with E-state index in [0.29, 0.717) is 0 Å². The second-order valence-corrected chi connectivity index (χ2v) is 2.66. The van der Waals surface area contributed by atoms with Crippen molar-refractivity contribution in [3.05, 3.63) is 12.0 Å². The number of aromatic nitrogens is 2. The van der Waals surface area contributed by atoms with Crippen LogP contribution in [0.3, 0.4) is 0 Å². The highest BCUT2D eigenvalue weighted by atomic mass is 16.5. The monoisotopic (exact) mass is 184 g/mol. The summed E-state index contributed by atoms with van der Waals surface area (Å²) in [6.07, 6.45) is 1.46. The molecule has 0 bridgehead atoms. The number of carbonyl (C=O) groups excluding carboxylic acids is 1. The normalized spacial score (nSPS) is 9.77. The van der Waals surface area contributed by atoms with Gasteiger partial charge in [-0.05, 0) is 0 Å². The zero-order valence-electron chi connectivity index (χ0n) is 7.81. The van der Waals surface area contributed by atoms with Crippen LogP contribution in [-0.4, -0.2) is 36.8 Å². The van der Waals surface area contributed by atoms with Gasteiger partial charge in [-0.15, -0.1) is 0 Å². The van der Waals surface area contributed by atoms with Crippen molar-refractivity contribution >= 4 is 11.8 Å². The summed E-state index contributed by atoms with van der Waals surface area (Å²) >= 11 is 0. The number of rotatable bonds is 2. The molecular weight excluding hydrogens is 172 g/mol. The molecule has 6 heteroatoms. The number of imidazole rings is 1. The lowest BCUT2D eigenvalue weighted by Gasteiger charge is -2.14. The fourth-order valence-electron chi connectivity index (χ4n) is 0.922. The summed E-state index contributed by atoms with van der Waals surface area (Å²) in [6.45, 7) is 0. The highest BCUT2D eigenvalue weighted by molar-refractivity contribution is 5.92. The first-order chi connectivity index (χ1) is 6.07. The molecule has 2 N–H and O–H groups in total. The minimum absolute atomic E-state index is 0.135. The zero-order chi connectivity index (χ0) is 10.0. The van der Waals surface area contributed by atoms with E-state index in [2.05, 4.69) is 9.72 Å². The van der Waals surface area contributed by atoms with Crippen molar-refractivity contribution in [2.75, 3.05) is 31.9 Å². The molecule has 0 fully saturated rings. The molecule has 0 radical (unpaired) electrons. The maximum atomic E-state index is 11.1. The summed E-state index contributed by atoms with van der Waals surface area (Å²) in [7, 11) is 4.87. The first-order valence-electron chi connectivity index (χ1n) is 3.66. The summed E-state index contributed by atoms with van der Waals surface area (Å²) in [5.41, 5.74) is 5.77. The molecule has 0 aliphatic rings. The highest BCUT2D eigenvalue weighted by Gasteiger charge is 2.16. The summed E-state index contributed by atoms with van der Waals surface area (Å²) in [5.74, 6) is -0.255. The molecule has 0 aliphatic heterocycles. The first-order valence-corrected chi connectivity index (χ1v) is 3.66. The average Bonchev–Trinajstić information content (AvgIpc) is 2.46. The number of hydrogen-bond donors (Lipinski definition) is 1. The summed E-state index contributed by atoms with van der Waals surface area (Å²) in [5, 5.41) is 1.70. The van der Waals surface area contributed by atoms with E-state index in [1.54, 1.807) is 23.8 Å². The molecule has 0 aliphatic carbocycles.